The van der Waals surface area contributed by atoms with Crippen LogP contribution in [-0.4, -0.2) is 75.9 Å². The Bertz CT molecular complexity index is 1470. The summed E-state index contributed by atoms with van der Waals surface area (Å²) in [4.78, 5) is 24.7. The van der Waals surface area contributed by atoms with Crippen LogP contribution in [0, 0.1) is 10.1 Å². The molecule has 0 saturated carbocycles. The van der Waals surface area contributed by atoms with Gasteiger partial charge in [0.15, 0.2) is 0 Å². The average Bonchev–Trinajstić information content (AvgIpc) is 3.49. The molecule has 0 spiro atoms. The van der Waals surface area contributed by atoms with E-state index in [-0.39, 0.29) is 11.8 Å². The number of β-amino-alcohol motifs (C(OH)–C–C–N with tert-alkyl or cyclic N) is 1. The van der Waals surface area contributed by atoms with Gasteiger partial charge in [-0.05, 0) is 18.6 Å². The van der Waals surface area contributed by atoms with E-state index in [1.807, 2.05) is 54.0 Å². The highest BCUT2D eigenvalue weighted by molar-refractivity contribution is 5.95. The molecule has 1 saturated heterocycles. The number of nitro benzene ring substituents is 1. The number of likely N-dealkylation sites (N-methyl/N-ethyl adjacent to an activating group) is 1. The number of hydrogen-bond donors (Lipinski definition) is 2. The number of likely N-dealkylation sites (tertiary alicyclic amines) is 1. The van der Waals surface area contributed by atoms with Crippen LogP contribution in [0.3, 0.4) is 0 Å². The van der Waals surface area contributed by atoms with Crippen LogP contribution in [0.25, 0.3) is 22.2 Å². The first-order chi connectivity index (χ1) is 18.3. The van der Waals surface area contributed by atoms with E-state index >= 15 is 0 Å². The molecule has 11 nitrogen and oxygen atoms in total. The van der Waals surface area contributed by atoms with E-state index in [0.29, 0.717) is 42.7 Å². The number of benzene rings is 2. The van der Waals surface area contributed by atoms with Crippen molar-refractivity contribution < 1.29 is 14.8 Å². The zero-order valence-corrected chi connectivity index (χ0v) is 21.7. The van der Waals surface area contributed by atoms with Crippen molar-refractivity contribution in [2.45, 2.75) is 12.5 Å². The molecule has 2 N–H and O–H groups in total. The maximum absolute atomic E-state index is 12.0. The molecule has 4 aromatic rings. The van der Waals surface area contributed by atoms with E-state index in [0.717, 1.165) is 35.1 Å². The number of rotatable bonds is 9. The van der Waals surface area contributed by atoms with Crippen LogP contribution in [0.4, 0.5) is 23.0 Å². The van der Waals surface area contributed by atoms with Gasteiger partial charge in [0.1, 0.15) is 11.4 Å². The molecule has 2 aromatic carbocycles. The van der Waals surface area contributed by atoms with Crippen molar-refractivity contribution >= 4 is 33.9 Å². The molecule has 5 rings (SSSR count). The minimum absolute atomic E-state index is 0.0533. The van der Waals surface area contributed by atoms with Gasteiger partial charge in [-0.2, -0.15) is 0 Å². The molecule has 2 aromatic heterocycles. The Labute approximate surface area is 220 Å². The van der Waals surface area contributed by atoms with Crippen LogP contribution in [0.1, 0.15) is 6.42 Å². The second kappa shape index (κ2) is 10.6. The van der Waals surface area contributed by atoms with Crippen molar-refractivity contribution in [2.24, 2.45) is 7.05 Å². The third-order valence-corrected chi connectivity index (χ3v) is 6.98. The number of ether oxygens (including phenoxy) is 1. The van der Waals surface area contributed by atoms with Crippen molar-refractivity contribution in [3.63, 3.8) is 0 Å². The molecule has 0 radical (unpaired) electrons. The summed E-state index contributed by atoms with van der Waals surface area (Å²) in [5.74, 6) is 0.741. The highest BCUT2D eigenvalue weighted by Gasteiger charge is 2.24. The van der Waals surface area contributed by atoms with E-state index in [4.69, 9.17) is 9.72 Å². The SMILES string of the molecule is COc1cc(N(C)CCN2CCC(O)C2)c([N+](=O)[O-])cc1Nc1nccc(-c2cn(C)c3ccccc23)n1. The predicted molar refractivity (Wildman–Crippen MR) is 147 cm³/mol. The van der Waals surface area contributed by atoms with Gasteiger partial charge in [0.25, 0.3) is 5.69 Å². The number of aromatic nitrogens is 3. The molecule has 0 bridgehead atoms. The van der Waals surface area contributed by atoms with Crippen LogP contribution in [-0.2, 0) is 7.05 Å². The van der Waals surface area contributed by atoms with Crippen LogP contribution >= 0.6 is 0 Å². The number of para-hydroxylation sites is 1. The van der Waals surface area contributed by atoms with Crippen molar-refractivity contribution in [2.75, 3.05) is 50.6 Å². The van der Waals surface area contributed by atoms with Crippen molar-refractivity contribution in [3.05, 3.63) is 65.0 Å². The fraction of sp³-hybridized carbons (Fsp3) is 0.333. The Morgan fingerprint density at radius 2 is 2.11 bits per heavy atom. The molecule has 1 aliphatic heterocycles. The number of aliphatic hydroxyl groups excluding tert-OH is 1. The number of hydrogen-bond acceptors (Lipinski definition) is 9. The monoisotopic (exact) mass is 517 g/mol. The van der Waals surface area contributed by atoms with Crippen LogP contribution in [0.15, 0.2) is 54.9 Å². The summed E-state index contributed by atoms with van der Waals surface area (Å²) in [7, 11) is 5.33. The zero-order chi connectivity index (χ0) is 26.8. The molecular weight excluding hydrogens is 486 g/mol. The first-order valence-electron chi connectivity index (χ1n) is 12.5. The minimum atomic E-state index is -0.399. The van der Waals surface area contributed by atoms with Crippen molar-refractivity contribution in [1.82, 2.24) is 19.4 Å². The number of methoxy groups -OCH3 is 1. The number of nitrogens with zero attached hydrogens (tertiary/aromatic N) is 6. The third-order valence-electron chi connectivity index (χ3n) is 6.98. The normalized spacial score (nSPS) is 15.6. The van der Waals surface area contributed by atoms with Gasteiger partial charge in [0.05, 0.1) is 29.5 Å². The molecule has 3 heterocycles. The lowest BCUT2D eigenvalue weighted by atomic mass is 10.1. The molecule has 1 atom stereocenters. The number of nitrogens with one attached hydrogen (secondary N) is 1. The lowest BCUT2D eigenvalue weighted by Crippen LogP contribution is -2.32. The molecule has 1 unspecified atom stereocenters. The van der Waals surface area contributed by atoms with Crippen LogP contribution in [0.2, 0.25) is 0 Å². The number of aliphatic hydroxyl groups is 1. The van der Waals surface area contributed by atoms with Gasteiger partial charge in [0.2, 0.25) is 5.95 Å². The van der Waals surface area contributed by atoms with Gasteiger partial charge in [-0.1, -0.05) is 18.2 Å². The number of fused-ring (bicyclic) bond motifs is 1. The summed E-state index contributed by atoms with van der Waals surface area (Å²) in [5, 5.41) is 26.0. The highest BCUT2D eigenvalue weighted by atomic mass is 16.6. The number of aryl methyl sites for hydroxylation is 1. The summed E-state index contributed by atoms with van der Waals surface area (Å²) >= 11 is 0. The minimum Gasteiger partial charge on any atom is -0.494 e. The Hall–Kier alpha value is -4.22. The van der Waals surface area contributed by atoms with E-state index in [1.165, 1.54) is 13.2 Å². The van der Waals surface area contributed by atoms with Gasteiger partial charge in [-0.15, -0.1) is 0 Å². The molecule has 1 fully saturated rings. The zero-order valence-electron chi connectivity index (χ0n) is 21.7. The Balaban J connectivity index is 1.42. The Morgan fingerprint density at radius 3 is 2.84 bits per heavy atom. The quantitative estimate of drug-likeness (QED) is 0.252. The third kappa shape index (κ3) is 5.11. The molecule has 0 aliphatic carbocycles. The number of nitro groups is 1. The second-order valence-corrected chi connectivity index (χ2v) is 9.52. The Kier molecular flexibility index (Phi) is 7.12. The van der Waals surface area contributed by atoms with Crippen LogP contribution < -0.4 is 15.0 Å². The lowest BCUT2D eigenvalue weighted by Gasteiger charge is -2.24. The van der Waals surface area contributed by atoms with Gasteiger partial charge < -0.3 is 24.6 Å². The van der Waals surface area contributed by atoms with E-state index in [9.17, 15) is 15.2 Å². The average molecular weight is 518 g/mol. The van der Waals surface area contributed by atoms with Gasteiger partial charge in [-0.25, -0.2) is 9.97 Å². The summed E-state index contributed by atoms with van der Waals surface area (Å²) in [6.07, 6.45) is 4.13. The topological polar surface area (TPSA) is 122 Å². The molecule has 11 heteroatoms. The standard InChI is InChI=1S/C27H31N7O4/c1-31(12-13-33-11-9-18(35)16-33)24-15-26(38-3)22(14-25(24)34(36)37)30-27-28-10-8-21(29-27)20-17-32(2)23-7-5-4-6-19(20)23/h4-8,10,14-15,17-18,35H,9,11-13,16H2,1-3H3,(H,28,29,30). The molecule has 1 aliphatic rings. The fourth-order valence-corrected chi connectivity index (χ4v) is 4.94. The van der Waals surface area contributed by atoms with Gasteiger partial charge >= 0.3 is 0 Å². The second-order valence-electron chi connectivity index (χ2n) is 9.52. The highest BCUT2D eigenvalue weighted by Crippen LogP contribution is 2.39. The summed E-state index contributed by atoms with van der Waals surface area (Å²) < 4.78 is 7.65. The van der Waals surface area contributed by atoms with E-state index < -0.39 is 4.92 Å². The summed E-state index contributed by atoms with van der Waals surface area (Å²) in [6, 6.07) is 13.0. The predicted octanol–water partition coefficient (Wildman–Crippen LogP) is 3.80. The van der Waals surface area contributed by atoms with Crippen molar-refractivity contribution in [1.29, 1.82) is 0 Å². The van der Waals surface area contributed by atoms with E-state index in [2.05, 4.69) is 21.3 Å². The molecule has 198 valence electrons. The lowest BCUT2D eigenvalue weighted by molar-refractivity contribution is -0.384. The molecule has 38 heavy (non-hydrogen) atoms. The maximum Gasteiger partial charge on any atom is 0.294 e. The smallest absolute Gasteiger partial charge is 0.294 e. The Morgan fingerprint density at radius 1 is 1.29 bits per heavy atom. The van der Waals surface area contributed by atoms with E-state index in [1.54, 1.807) is 12.3 Å². The first kappa shape index (κ1) is 25.4. The van der Waals surface area contributed by atoms with Gasteiger partial charge in [-0.3, -0.25) is 15.0 Å². The molecular formula is C27H31N7O4. The van der Waals surface area contributed by atoms with Crippen molar-refractivity contribution in [3.8, 4) is 17.0 Å². The maximum atomic E-state index is 12.0. The number of anilines is 3. The molecule has 0 amide bonds. The van der Waals surface area contributed by atoms with Crippen LogP contribution in [0.5, 0.6) is 5.75 Å². The first-order valence-corrected chi connectivity index (χ1v) is 12.5. The summed E-state index contributed by atoms with van der Waals surface area (Å²) in [6.45, 7) is 2.71. The largest absolute Gasteiger partial charge is 0.494 e. The summed E-state index contributed by atoms with van der Waals surface area (Å²) in [5.41, 5.74) is 3.58. The van der Waals surface area contributed by atoms with Gasteiger partial charge in [0, 0.05) is 81.3 Å². The fourth-order valence-electron chi connectivity index (χ4n) is 4.94.